The Labute approximate surface area is 305 Å². The summed E-state index contributed by atoms with van der Waals surface area (Å²) in [7, 11) is -5.24. The Hall–Kier alpha value is 0.520. The molecule has 1 atom stereocenters. The molecule has 0 saturated carbocycles. The van der Waals surface area contributed by atoms with E-state index in [9.17, 15) is 28.7 Å². The van der Waals surface area contributed by atoms with Gasteiger partial charge in [-0.05, 0) is 19.3 Å². The normalized spacial score (nSPS) is 11.6. The van der Waals surface area contributed by atoms with E-state index in [1.54, 1.807) is 0 Å². The number of esters is 2. The van der Waals surface area contributed by atoms with Gasteiger partial charge in [-0.15, -0.1) is 0 Å². The van der Waals surface area contributed by atoms with Crippen LogP contribution in [0.15, 0.2) is 0 Å². The molecule has 0 aliphatic carbocycles. The van der Waals surface area contributed by atoms with Crippen LogP contribution in [0.5, 0.6) is 0 Å². The number of carbonyl (C=O) groups excluding carboxylic acids is 3. The molecule has 0 rings (SSSR count). The predicted octanol–water partition coefficient (Wildman–Crippen LogP) is -0.357. The Morgan fingerprint density at radius 3 is 1.51 bits per heavy atom. The largest absolute Gasteiger partial charge is 1.00 e. The van der Waals surface area contributed by atoms with Crippen LogP contribution in [0.4, 0.5) is 0 Å². The van der Waals surface area contributed by atoms with Crippen molar-refractivity contribution in [3.05, 3.63) is 0 Å². The molecule has 0 heterocycles. The van der Waals surface area contributed by atoms with Gasteiger partial charge in [-0.25, -0.2) is 0 Å². The van der Waals surface area contributed by atoms with Gasteiger partial charge in [0.1, 0.15) is 6.61 Å². The van der Waals surface area contributed by atoms with Crippen molar-refractivity contribution in [2.24, 2.45) is 0 Å². The zero-order valence-electron chi connectivity index (χ0n) is 27.7. The Morgan fingerprint density at radius 2 is 1.07 bits per heavy atom. The summed E-state index contributed by atoms with van der Waals surface area (Å²) in [6.45, 7) is 3.45. The average molecular weight is 652 g/mol. The van der Waals surface area contributed by atoms with E-state index in [1.807, 2.05) is 0 Å². The Bertz CT molecular complexity index is 726. The number of ether oxygens (including phenoxy) is 2. The number of phosphoric ester groups is 1. The second-order valence-electron chi connectivity index (χ2n) is 10.9. The molecule has 0 unspecified atom stereocenters. The number of phosphoric acid groups is 1. The number of hydrogen-bond acceptors (Lipinski definition) is 9. The summed E-state index contributed by atoms with van der Waals surface area (Å²) in [4.78, 5) is 56.8. The third-order valence-corrected chi connectivity index (χ3v) is 7.28. The molecule has 0 aromatic carbocycles. The second-order valence-corrected chi connectivity index (χ2v) is 12.0. The van der Waals surface area contributed by atoms with Crippen LogP contribution in [0.2, 0.25) is 0 Å². The quantitative estimate of drug-likeness (QED) is 0.0495. The number of amides is 1. The van der Waals surface area contributed by atoms with Crippen LogP contribution in [0.25, 0.3) is 0 Å². The van der Waals surface area contributed by atoms with Crippen molar-refractivity contribution >= 4 is 25.7 Å². The van der Waals surface area contributed by atoms with Crippen LogP contribution in [-0.4, -0.2) is 43.7 Å². The third kappa shape index (κ3) is 38.6. The van der Waals surface area contributed by atoms with Gasteiger partial charge in [-0.2, -0.15) is 0 Å². The van der Waals surface area contributed by atoms with Crippen LogP contribution < -0.4 is 74.2 Å². The summed E-state index contributed by atoms with van der Waals surface area (Å²) in [5.74, 6) is -0.964. The number of carbonyl (C=O) groups is 3. The van der Waals surface area contributed by atoms with Gasteiger partial charge < -0.3 is 33.7 Å². The fourth-order valence-corrected chi connectivity index (χ4v) is 4.80. The number of unbranched alkanes of at least 4 members (excludes halogenated alkanes) is 17. The summed E-state index contributed by atoms with van der Waals surface area (Å²) in [5.41, 5.74) is 0. The van der Waals surface area contributed by atoms with Gasteiger partial charge in [0.05, 0.1) is 14.4 Å². The molecule has 43 heavy (non-hydrogen) atoms. The van der Waals surface area contributed by atoms with Gasteiger partial charge in [0.25, 0.3) is 0 Å². The average Bonchev–Trinajstić information content (AvgIpc) is 2.91. The maximum Gasteiger partial charge on any atom is 1.00 e. The standard InChI is InChI=1S/C30H58NO9P.2Na/c1-3-4-5-6-7-13-17-20-23-30(34)40-28(26-39-41(35,36)37)25-38-29(33)22-19-16-14-11-9-8-10-12-15-18-21-24-31-27(2)32;;/h28H,3-26H2,1-2H3,(H,31,32)(H2,35,36,37);;/q;2*+1/p-2/t28-;;/m0../s1. The van der Waals surface area contributed by atoms with Crippen molar-refractivity contribution in [2.45, 2.75) is 155 Å². The fraction of sp³-hybridized carbons (Fsp3) is 0.900. The smallest absolute Gasteiger partial charge is 0.790 e. The first-order valence-corrected chi connectivity index (χ1v) is 17.4. The minimum absolute atomic E-state index is 0. The first-order chi connectivity index (χ1) is 19.6. The monoisotopic (exact) mass is 651 g/mol. The minimum Gasteiger partial charge on any atom is -0.790 e. The van der Waals surface area contributed by atoms with E-state index in [-0.39, 0.29) is 84.5 Å². The van der Waals surface area contributed by atoms with E-state index < -0.39 is 32.5 Å². The van der Waals surface area contributed by atoms with Gasteiger partial charge in [-0.3, -0.25) is 14.4 Å². The predicted molar refractivity (Wildman–Crippen MR) is 156 cm³/mol. The summed E-state index contributed by atoms with van der Waals surface area (Å²) in [5, 5.41) is 2.81. The van der Waals surface area contributed by atoms with Gasteiger partial charge in [-0.1, -0.05) is 110 Å². The van der Waals surface area contributed by atoms with Crippen LogP contribution in [0.1, 0.15) is 149 Å². The van der Waals surface area contributed by atoms with E-state index in [1.165, 1.54) is 64.7 Å². The molecule has 1 N–H and O–H groups in total. The Kier molecular flexibility index (Phi) is 37.7. The summed E-state index contributed by atoms with van der Waals surface area (Å²) < 4.78 is 25.5. The molecular formula is C30H56NNa2O9P. The molecule has 10 nitrogen and oxygen atoms in total. The number of rotatable bonds is 29. The number of nitrogens with one attached hydrogen (secondary N) is 1. The van der Waals surface area contributed by atoms with Gasteiger partial charge in [0.2, 0.25) is 5.91 Å². The molecular weight excluding hydrogens is 595 g/mol. The summed E-state index contributed by atoms with van der Waals surface area (Å²) in [6.07, 6.45) is 19.8. The van der Waals surface area contributed by atoms with Crippen molar-refractivity contribution in [3.8, 4) is 0 Å². The summed E-state index contributed by atoms with van der Waals surface area (Å²) >= 11 is 0. The van der Waals surface area contributed by atoms with Crippen molar-refractivity contribution in [3.63, 3.8) is 0 Å². The van der Waals surface area contributed by atoms with E-state index in [2.05, 4.69) is 16.8 Å². The molecule has 0 aromatic rings. The van der Waals surface area contributed by atoms with E-state index in [0.29, 0.717) is 12.8 Å². The molecule has 0 aromatic heterocycles. The van der Waals surface area contributed by atoms with Crippen molar-refractivity contribution in [1.82, 2.24) is 5.32 Å². The molecule has 0 aliphatic rings. The molecule has 0 saturated heterocycles. The van der Waals surface area contributed by atoms with Gasteiger partial charge in [0, 0.05) is 26.3 Å². The van der Waals surface area contributed by atoms with Crippen molar-refractivity contribution < 1.29 is 102 Å². The van der Waals surface area contributed by atoms with Crippen molar-refractivity contribution in [1.29, 1.82) is 0 Å². The fourth-order valence-electron chi connectivity index (χ4n) is 4.45. The minimum atomic E-state index is -5.24. The third-order valence-electron chi connectivity index (χ3n) is 6.81. The maximum atomic E-state index is 12.2. The molecule has 0 aliphatic heterocycles. The van der Waals surface area contributed by atoms with Crippen molar-refractivity contribution in [2.75, 3.05) is 19.8 Å². The zero-order chi connectivity index (χ0) is 30.6. The van der Waals surface area contributed by atoms with Crippen LogP contribution in [-0.2, 0) is 32.9 Å². The SMILES string of the molecule is CCCCCCCCCCC(=O)O[C@@H](COC(=O)CCCCCCCCCCCCCNC(C)=O)COP(=O)([O-])[O-].[Na+].[Na+]. The van der Waals surface area contributed by atoms with Crippen LogP contribution >= 0.6 is 7.82 Å². The van der Waals surface area contributed by atoms with Crippen LogP contribution in [0, 0.1) is 0 Å². The molecule has 0 fully saturated rings. The number of hydrogen-bond donors (Lipinski definition) is 1. The zero-order valence-corrected chi connectivity index (χ0v) is 32.6. The Morgan fingerprint density at radius 1 is 0.651 bits per heavy atom. The topological polar surface area (TPSA) is 154 Å². The maximum absolute atomic E-state index is 12.2. The Balaban J connectivity index is -0.00000800. The van der Waals surface area contributed by atoms with Gasteiger partial charge >= 0.3 is 71.1 Å². The molecule has 13 heteroatoms. The van der Waals surface area contributed by atoms with E-state index in [4.69, 9.17) is 9.47 Å². The molecule has 1 amide bonds. The molecule has 242 valence electrons. The van der Waals surface area contributed by atoms with E-state index in [0.717, 1.165) is 57.9 Å². The second kappa shape index (κ2) is 33.9. The first-order valence-electron chi connectivity index (χ1n) is 15.9. The molecule has 0 spiro atoms. The van der Waals surface area contributed by atoms with E-state index >= 15 is 0 Å². The molecule has 0 radical (unpaired) electrons. The van der Waals surface area contributed by atoms with Crippen LogP contribution in [0.3, 0.4) is 0 Å². The molecule has 0 bridgehead atoms. The summed E-state index contributed by atoms with van der Waals surface area (Å²) in [6, 6.07) is 0. The van der Waals surface area contributed by atoms with Gasteiger partial charge in [0.15, 0.2) is 6.10 Å². The first kappa shape index (κ1) is 47.9.